The van der Waals surface area contributed by atoms with Gasteiger partial charge >= 0.3 is 0 Å². The number of methoxy groups -OCH3 is 1. The number of hydrogen-bond acceptors (Lipinski definition) is 5. The standard InChI is InChI=1S/C34H30N2O5/c1-21(12-13-22-8-4-3-5-9-22)41-30-19-24(16-17-29(30)40-2)31(23-14-15-25-20-35-32(37)28(25)18-23)36-33(38)26-10-6-7-11-27(26)34(36)39/h3-11,14-19,21,31H,12-13,20H2,1-2H3,(H,35,37). The molecule has 6 rings (SSSR count). The molecule has 3 amide bonds. The van der Waals surface area contributed by atoms with Gasteiger partial charge in [0.15, 0.2) is 11.5 Å². The van der Waals surface area contributed by atoms with Crippen molar-refractivity contribution < 1.29 is 23.9 Å². The van der Waals surface area contributed by atoms with E-state index < -0.39 is 6.04 Å². The molecule has 41 heavy (non-hydrogen) atoms. The van der Waals surface area contributed by atoms with E-state index in [0.717, 1.165) is 18.4 Å². The van der Waals surface area contributed by atoms with Crippen LogP contribution in [0.3, 0.4) is 0 Å². The summed E-state index contributed by atoms with van der Waals surface area (Å²) in [5.74, 6) is 0.139. The summed E-state index contributed by atoms with van der Waals surface area (Å²) in [5.41, 5.74) is 4.71. The predicted molar refractivity (Wildman–Crippen MR) is 154 cm³/mol. The lowest BCUT2D eigenvalue weighted by atomic mass is 9.93. The van der Waals surface area contributed by atoms with E-state index in [2.05, 4.69) is 17.4 Å². The van der Waals surface area contributed by atoms with Gasteiger partial charge in [0.25, 0.3) is 17.7 Å². The van der Waals surface area contributed by atoms with Crippen molar-refractivity contribution in [3.05, 3.63) is 130 Å². The molecule has 0 saturated carbocycles. The summed E-state index contributed by atoms with van der Waals surface area (Å²) in [6.45, 7) is 2.46. The second kappa shape index (κ2) is 10.9. The van der Waals surface area contributed by atoms with E-state index in [9.17, 15) is 14.4 Å². The second-order valence-corrected chi connectivity index (χ2v) is 10.4. The number of fused-ring (bicyclic) bond motifs is 2. The van der Waals surface area contributed by atoms with Crippen LogP contribution in [-0.2, 0) is 13.0 Å². The zero-order valence-electron chi connectivity index (χ0n) is 22.9. The minimum absolute atomic E-state index is 0.124. The predicted octanol–water partition coefficient (Wildman–Crippen LogP) is 5.72. The van der Waals surface area contributed by atoms with Crippen LogP contribution in [0.25, 0.3) is 0 Å². The third-order valence-corrected chi connectivity index (χ3v) is 7.73. The molecule has 2 atom stereocenters. The van der Waals surface area contributed by atoms with E-state index in [-0.39, 0.29) is 23.8 Å². The van der Waals surface area contributed by atoms with Gasteiger partial charge in [-0.3, -0.25) is 19.3 Å². The van der Waals surface area contributed by atoms with E-state index in [4.69, 9.17) is 9.47 Å². The summed E-state index contributed by atoms with van der Waals surface area (Å²) >= 11 is 0. The fourth-order valence-corrected chi connectivity index (χ4v) is 5.58. The Morgan fingerprint density at radius 2 is 1.44 bits per heavy atom. The lowest BCUT2D eigenvalue weighted by Gasteiger charge is -2.28. The zero-order chi connectivity index (χ0) is 28.5. The van der Waals surface area contributed by atoms with Crippen LogP contribution in [0.4, 0.5) is 0 Å². The molecule has 0 fully saturated rings. The SMILES string of the molecule is COc1ccc(C(c2ccc3c(c2)C(=O)NC3)N2C(=O)c3ccccc3C2=O)cc1OC(C)CCc1ccccc1. The molecule has 2 heterocycles. The first-order valence-electron chi connectivity index (χ1n) is 13.7. The molecule has 4 aromatic rings. The number of benzene rings is 4. The van der Waals surface area contributed by atoms with Crippen LogP contribution in [0.5, 0.6) is 11.5 Å². The minimum atomic E-state index is -0.783. The Bertz CT molecular complexity index is 1610. The number of imide groups is 1. The van der Waals surface area contributed by atoms with E-state index in [1.54, 1.807) is 43.5 Å². The lowest BCUT2D eigenvalue weighted by Crippen LogP contribution is -2.35. The van der Waals surface area contributed by atoms with Crippen molar-refractivity contribution in [2.45, 2.75) is 38.5 Å². The normalized spacial score (nSPS) is 15.3. The van der Waals surface area contributed by atoms with Gasteiger partial charge in [0, 0.05) is 12.1 Å². The van der Waals surface area contributed by atoms with Gasteiger partial charge in [-0.25, -0.2) is 0 Å². The monoisotopic (exact) mass is 546 g/mol. The first-order chi connectivity index (χ1) is 19.9. The third-order valence-electron chi connectivity index (χ3n) is 7.73. The zero-order valence-corrected chi connectivity index (χ0v) is 22.9. The van der Waals surface area contributed by atoms with Crippen molar-refractivity contribution in [3.8, 4) is 11.5 Å². The number of carbonyl (C=O) groups is 3. The molecule has 7 nitrogen and oxygen atoms in total. The van der Waals surface area contributed by atoms with Gasteiger partial charge in [-0.15, -0.1) is 0 Å². The summed E-state index contributed by atoms with van der Waals surface area (Å²) < 4.78 is 12.0. The average molecular weight is 547 g/mol. The molecular weight excluding hydrogens is 516 g/mol. The summed E-state index contributed by atoms with van der Waals surface area (Å²) in [4.78, 5) is 41.2. The summed E-state index contributed by atoms with van der Waals surface area (Å²) in [6, 6.07) is 27.3. The smallest absolute Gasteiger partial charge is 0.262 e. The van der Waals surface area contributed by atoms with Crippen LogP contribution in [0.15, 0.2) is 91.0 Å². The maximum atomic E-state index is 13.7. The fraction of sp³-hybridized carbons (Fsp3) is 0.206. The summed E-state index contributed by atoms with van der Waals surface area (Å²) in [5, 5.41) is 2.84. The maximum Gasteiger partial charge on any atom is 0.262 e. The number of carbonyl (C=O) groups excluding carboxylic acids is 3. The van der Waals surface area contributed by atoms with Crippen molar-refractivity contribution in [1.82, 2.24) is 10.2 Å². The van der Waals surface area contributed by atoms with Gasteiger partial charge in [0.05, 0.1) is 30.4 Å². The van der Waals surface area contributed by atoms with Crippen LogP contribution < -0.4 is 14.8 Å². The number of nitrogens with one attached hydrogen (secondary N) is 1. The van der Waals surface area contributed by atoms with Crippen LogP contribution in [0, 0.1) is 0 Å². The molecule has 0 aliphatic carbocycles. The number of ether oxygens (including phenoxy) is 2. The van der Waals surface area contributed by atoms with Crippen molar-refractivity contribution in [2.24, 2.45) is 0 Å². The molecule has 4 aromatic carbocycles. The second-order valence-electron chi connectivity index (χ2n) is 10.4. The Kier molecular flexibility index (Phi) is 7.01. The van der Waals surface area contributed by atoms with Crippen molar-refractivity contribution in [2.75, 3.05) is 7.11 Å². The van der Waals surface area contributed by atoms with E-state index in [1.165, 1.54) is 10.5 Å². The first kappa shape index (κ1) is 26.3. The van der Waals surface area contributed by atoms with Gasteiger partial charge in [0.2, 0.25) is 0 Å². The molecular formula is C34H30N2O5. The molecule has 0 bridgehead atoms. The highest BCUT2D eigenvalue weighted by Gasteiger charge is 2.41. The van der Waals surface area contributed by atoms with Gasteiger partial charge in [0.1, 0.15) is 0 Å². The Labute approximate surface area is 238 Å². The van der Waals surface area contributed by atoms with Gasteiger partial charge in [-0.1, -0.05) is 60.7 Å². The van der Waals surface area contributed by atoms with Crippen molar-refractivity contribution >= 4 is 17.7 Å². The first-order valence-corrected chi connectivity index (χ1v) is 13.7. The van der Waals surface area contributed by atoms with E-state index in [0.29, 0.717) is 45.9 Å². The molecule has 2 aliphatic rings. The van der Waals surface area contributed by atoms with Gasteiger partial charge in [-0.2, -0.15) is 0 Å². The van der Waals surface area contributed by atoms with Crippen LogP contribution >= 0.6 is 0 Å². The van der Waals surface area contributed by atoms with Crippen LogP contribution in [0.1, 0.15) is 72.7 Å². The van der Waals surface area contributed by atoms with Gasteiger partial charge in [-0.05, 0) is 72.4 Å². The van der Waals surface area contributed by atoms with Crippen LogP contribution in [-0.4, -0.2) is 35.8 Å². The Balaban J connectivity index is 1.38. The highest BCUT2D eigenvalue weighted by molar-refractivity contribution is 6.21. The third kappa shape index (κ3) is 4.95. The molecule has 7 heteroatoms. The number of rotatable bonds is 9. The molecule has 1 N–H and O–H groups in total. The molecule has 206 valence electrons. The fourth-order valence-electron chi connectivity index (χ4n) is 5.58. The number of hydrogen-bond donors (Lipinski definition) is 1. The molecule has 0 saturated heterocycles. The molecule has 0 aromatic heterocycles. The number of nitrogens with zero attached hydrogens (tertiary/aromatic N) is 1. The Morgan fingerprint density at radius 3 is 2.15 bits per heavy atom. The van der Waals surface area contributed by atoms with E-state index >= 15 is 0 Å². The Hall–Kier alpha value is -4.91. The quantitative estimate of drug-likeness (QED) is 0.271. The average Bonchev–Trinajstić information content (AvgIpc) is 3.49. The summed E-state index contributed by atoms with van der Waals surface area (Å²) in [6.07, 6.45) is 1.53. The van der Waals surface area contributed by atoms with Crippen LogP contribution in [0.2, 0.25) is 0 Å². The minimum Gasteiger partial charge on any atom is -0.493 e. The topological polar surface area (TPSA) is 84.9 Å². The van der Waals surface area contributed by atoms with E-state index in [1.807, 2.05) is 49.4 Å². The largest absolute Gasteiger partial charge is 0.493 e. The lowest BCUT2D eigenvalue weighted by molar-refractivity contribution is 0.0608. The Morgan fingerprint density at radius 1 is 0.780 bits per heavy atom. The molecule has 2 unspecified atom stereocenters. The highest BCUT2D eigenvalue weighted by atomic mass is 16.5. The van der Waals surface area contributed by atoms with Crippen molar-refractivity contribution in [3.63, 3.8) is 0 Å². The van der Waals surface area contributed by atoms with Gasteiger partial charge < -0.3 is 14.8 Å². The number of amides is 3. The molecule has 0 radical (unpaired) electrons. The summed E-state index contributed by atoms with van der Waals surface area (Å²) in [7, 11) is 1.58. The highest BCUT2D eigenvalue weighted by Crippen LogP contribution is 2.40. The maximum absolute atomic E-state index is 13.7. The number of aryl methyl sites for hydroxylation is 1. The van der Waals surface area contributed by atoms with Crippen molar-refractivity contribution in [1.29, 1.82) is 0 Å². The molecule has 0 spiro atoms. The molecule has 2 aliphatic heterocycles.